The van der Waals surface area contributed by atoms with E-state index in [-0.39, 0.29) is 16.8 Å². The third-order valence-electron chi connectivity index (χ3n) is 4.12. The molecule has 0 amide bonds. The summed E-state index contributed by atoms with van der Waals surface area (Å²) in [5.74, 6) is -1.66. The van der Waals surface area contributed by atoms with Crippen molar-refractivity contribution in [3.63, 3.8) is 0 Å². The molecule has 1 aromatic carbocycles. The SMILES string of the molecule is COC(C)c1nc(CN(C)c2cnn(-c3ccc(F)cc3F)c(=O)c2Cl)cs1. The lowest BCUT2D eigenvalue weighted by atomic mass is 10.3. The minimum atomic E-state index is -0.908. The van der Waals surface area contributed by atoms with Crippen LogP contribution in [0.2, 0.25) is 5.02 Å². The van der Waals surface area contributed by atoms with Gasteiger partial charge in [-0.25, -0.2) is 13.8 Å². The number of anilines is 1. The van der Waals surface area contributed by atoms with E-state index in [1.54, 1.807) is 19.1 Å². The Hall–Kier alpha value is -2.36. The molecule has 2 aromatic heterocycles. The molecule has 0 radical (unpaired) electrons. The van der Waals surface area contributed by atoms with Gasteiger partial charge in [0.2, 0.25) is 0 Å². The van der Waals surface area contributed by atoms with Crippen molar-refractivity contribution in [2.75, 3.05) is 19.1 Å². The highest BCUT2D eigenvalue weighted by Gasteiger charge is 2.18. The maximum Gasteiger partial charge on any atom is 0.292 e. The van der Waals surface area contributed by atoms with Crippen LogP contribution in [0, 0.1) is 11.6 Å². The van der Waals surface area contributed by atoms with Crippen LogP contribution in [-0.4, -0.2) is 28.9 Å². The van der Waals surface area contributed by atoms with Crippen LogP contribution in [0.1, 0.15) is 23.7 Å². The summed E-state index contributed by atoms with van der Waals surface area (Å²) >= 11 is 7.70. The maximum absolute atomic E-state index is 14.0. The number of hydrogen-bond donors (Lipinski definition) is 0. The zero-order valence-electron chi connectivity index (χ0n) is 15.3. The molecular formula is C18H17ClF2N4O2S. The molecule has 0 aliphatic heterocycles. The zero-order chi connectivity index (χ0) is 20.4. The standard InChI is InChI=1S/C18H17ClF2N4O2S/c1-10(27-3)17-23-12(9-28-17)8-24(2)15-7-22-25(18(26)16(15)19)14-5-4-11(20)6-13(14)21/h4-7,9-10H,8H2,1-3H3. The van der Waals surface area contributed by atoms with Gasteiger partial charge in [0.25, 0.3) is 5.56 Å². The second kappa shape index (κ2) is 8.34. The van der Waals surface area contributed by atoms with Gasteiger partial charge < -0.3 is 9.64 Å². The highest BCUT2D eigenvalue weighted by atomic mass is 35.5. The number of nitrogens with zero attached hydrogens (tertiary/aromatic N) is 4. The van der Waals surface area contributed by atoms with Gasteiger partial charge in [-0.05, 0) is 19.1 Å². The molecule has 2 heterocycles. The van der Waals surface area contributed by atoms with Gasteiger partial charge in [0.05, 0.1) is 24.1 Å². The van der Waals surface area contributed by atoms with Gasteiger partial charge >= 0.3 is 0 Å². The molecule has 3 aromatic rings. The van der Waals surface area contributed by atoms with Crippen LogP contribution in [0.5, 0.6) is 0 Å². The average molecular weight is 427 g/mol. The van der Waals surface area contributed by atoms with Gasteiger partial charge in [-0.1, -0.05) is 11.6 Å². The number of halogens is 3. The zero-order valence-corrected chi connectivity index (χ0v) is 16.9. The lowest BCUT2D eigenvalue weighted by Crippen LogP contribution is -2.26. The van der Waals surface area contributed by atoms with Crippen molar-refractivity contribution in [1.29, 1.82) is 0 Å². The molecule has 0 saturated carbocycles. The van der Waals surface area contributed by atoms with E-state index in [0.29, 0.717) is 18.3 Å². The average Bonchev–Trinajstić information content (AvgIpc) is 3.12. The van der Waals surface area contributed by atoms with Crippen molar-refractivity contribution < 1.29 is 13.5 Å². The van der Waals surface area contributed by atoms with Gasteiger partial charge in [0.15, 0.2) is 5.82 Å². The molecule has 1 unspecified atom stereocenters. The van der Waals surface area contributed by atoms with Crippen molar-refractivity contribution in [3.05, 3.63) is 67.5 Å². The van der Waals surface area contributed by atoms with Crippen molar-refractivity contribution in [3.8, 4) is 5.69 Å². The largest absolute Gasteiger partial charge is 0.375 e. The predicted molar refractivity (Wildman–Crippen MR) is 104 cm³/mol. The van der Waals surface area contributed by atoms with Crippen molar-refractivity contribution in [1.82, 2.24) is 14.8 Å². The minimum Gasteiger partial charge on any atom is -0.375 e. The third-order valence-corrected chi connectivity index (χ3v) is 5.53. The summed E-state index contributed by atoms with van der Waals surface area (Å²) in [5.41, 5.74) is 0.277. The summed E-state index contributed by atoms with van der Waals surface area (Å²) in [6, 6.07) is 2.85. The second-order valence-corrected chi connectivity index (χ2v) is 7.34. The summed E-state index contributed by atoms with van der Waals surface area (Å²) in [4.78, 5) is 18.8. The summed E-state index contributed by atoms with van der Waals surface area (Å²) in [7, 11) is 3.35. The number of aromatic nitrogens is 3. The molecule has 0 bridgehead atoms. The van der Waals surface area contributed by atoms with Gasteiger partial charge in [0, 0.05) is 25.6 Å². The Morgan fingerprint density at radius 1 is 1.39 bits per heavy atom. The Bertz CT molecular complexity index is 1060. The Morgan fingerprint density at radius 3 is 2.82 bits per heavy atom. The van der Waals surface area contributed by atoms with E-state index in [9.17, 15) is 13.6 Å². The van der Waals surface area contributed by atoms with Gasteiger partial charge in [-0.15, -0.1) is 11.3 Å². The molecule has 3 rings (SSSR count). The topological polar surface area (TPSA) is 60.2 Å². The van der Waals surface area contributed by atoms with Gasteiger partial charge in [-0.2, -0.15) is 9.78 Å². The fraction of sp³-hybridized carbons (Fsp3) is 0.278. The van der Waals surface area contributed by atoms with Gasteiger partial charge in [0.1, 0.15) is 27.6 Å². The number of benzene rings is 1. The fourth-order valence-corrected chi connectivity index (χ4v) is 3.64. The molecule has 0 aliphatic rings. The minimum absolute atomic E-state index is 0.108. The Morgan fingerprint density at radius 2 is 2.14 bits per heavy atom. The molecule has 10 heteroatoms. The normalized spacial score (nSPS) is 12.2. The molecule has 0 N–H and O–H groups in total. The number of ether oxygens (including phenoxy) is 1. The van der Waals surface area contributed by atoms with Crippen molar-refractivity contribution in [2.24, 2.45) is 0 Å². The highest BCUT2D eigenvalue weighted by molar-refractivity contribution is 7.09. The van der Waals surface area contributed by atoms with Crippen LogP contribution >= 0.6 is 22.9 Å². The van der Waals surface area contributed by atoms with E-state index in [4.69, 9.17) is 16.3 Å². The molecule has 0 spiro atoms. The molecule has 1 atom stereocenters. The lowest BCUT2D eigenvalue weighted by Gasteiger charge is -2.19. The summed E-state index contributed by atoms with van der Waals surface area (Å²) < 4.78 is 33.1. The van der Waals surface area contributed by atoms with E-state index in [0.717, 1.165) is 27.5 Å². The molecule has 0 aliphatic carbocycles. The Labute approximate surface area is 169 Å². The first-order valence-corrected chi connectivity index (χ1v) is 9.49. The number of thiazole rings is 1. The Balaban J connectivity index is 1.88. The molecule has 6 nitrogen and oxygen atoms in total. The van der Waals surface area contributed by atoms with Crippen LogP contribution in [0.3, 0.4) is 0 Å². The monoisotopic (exact) mass is 426 g/mol. The first-order chi connectivity index (χ1) is 13.3. The lowest BCUT2D eigenvalue weighted by molar-refractivity contribution is 0.119. The second-order valence-electron chi connectivity index (χ2n) is 6.07. The van der Waals surface area contributed by atoms with Crippen LogP contribution in [0.15, 0.2) is 34.6 Å². The van der Waals surface area contributed by atoms with E-state index >= 15 is 0 Å². The van der Waals surface area contributed by atoms with Crippen LogP contribution in [0.4, 0.5) is 14.5 Å². The molecule has 28 heavy (non-hydrogen) atoms. The summed E-state index contributed by atoms with van der Waals surface area (Å²) in [5, 5.41) is 6.61. The fourth-order valence-electron chi connectivity index (χ4n) is 2.53. The van der Waals surface area contributed by atoms with Crippen molar-refractivity contribution >= 4 is 28.6 Å². The van der Waals surface area contributed by atoms with E-state index in [1.165, 1.54) is 17.5 Å². The number of methoxy groups -OCH3 is 1. The number of rotatable bonds is 6. The van der Waals surface area contributed by atoms with Crippen LogP contribution in [0.25, 0.3) is 5.69 Å². The van der Waals surface area contributed by atoms with E-state index < -0.39 is 17.2 Å². The van der Waals surface area contributed by atoms with Crippen molar-refractivity contribution in [2.45, 2.75) is 19.6 Å². The summed E-state index contributed by atoms with van der Waals surface area (Å²) in [6.07, 6.45) is 1.25. The van der Waals surface area contributed by atoms with E-state index in [1.807, 2.05) is 12.3 Å². The smallest absolute Gasteiger partial charge is 0.292 e. The first-order valence-electron chi connectivity index (χ1n) is 8.23. The number of hydrogen-bond acceptors (Lipinski definition) is 6. The quantitative estimate of drug-likeness (QED) is 0.597. The first kappa shape index (κ1) is 20.4. The predicted octanol–water partition coefficient (Wildman–Crippen LogP) is 3.96. The molecular weight excluding hydrogens is 410 g/mol. The van der Waals surface area contributed by atoms with E-state index in [2.05, 4.69) is 10.1 Å². The molecule has 0 fully saturated rings. The Kier molecular flexibility index (Phi) is 6.07. The maximum atomic E-state index is 14.0. The molecule has 148 valence electrons. The highest BCUT2D eigenvalue weighted by Crippen LogP contribution is 2.25. The summed E-state index contributed by atoms with van der Waals surface area (Å²) in [6.45, 7) is 2.30. The third kappa shape index (κ3) is 4.06. The van der Waals surface area contributed by atoms with Gasteiger partial charge in [-0.3, -0.25) is 4.79 Å². The van der Waals surface area contributed by atoms with Crippen LogP contribution in [-0.2, 0) is 11.3 Å². The van der Waals surface area contributed by atoms with Crippen LogP contribution < -0.4 is 10.5 Å². The molecule has 0 saturated heterocycles.